The first-order chi connectivity index (χ1) is 17.2. The minimum atomic E-state index is -0.131. The summed E-state index contributed by atoms with van der Waals surface area (Å²) in [5.74, 6) is -0.155. The Balaban J connectivity index is 1.55. The number of carbonyl (C=O) groups is 3. The van der Waals surface area contributed by atoms with Crippen molar-refractivity contribution in [2.45, 2.75) is 38.1 Å². The summed E-state index contributed by atoms with van der Waals surface area (Å²) in [6.45, 7) is 3.82. The molecule has 2 aliphatic heterocycles. The Bertz CT molecular complexity index is 1130. The van der Waals surface area contributed by atoms with Gasteiger partial charge in [-0.2, -0.15) is 0 Å². The van der Waals surface area contributed by atoms with E-state index in [1.165, 1.54) is 0 Å². The van der Waals surface area contributed by atoms with Crippen molar-refractivity contribution in [1.29, 1.82) is 0 Å². The quantitative estimate of drug-likeness (QED) is 0.515. The zero-order chi connectivity index (χ0) is 26.0. The van der Waals surface area contributed by atoms with Crippen LogP contribution in [0.1, 0.15) is 48.0 Å². The monoisotopic (exact) mass is 549 g/mol. The van der Waals surface area contributed by atoms with E-state index in [0.29, 0.717) is 66.1 Å². The van der Waals surface area contributed by atoms with E-state index in [9.17, 15) is 14.4 Å². The largest absolute Gasteiger partial charge is 0.343 e. The van der Waals surface area contributed by atoms with Crippen molar-refractivity contribution < 1.29 is 14.4 Å². The Hall–Kier alpha value is -2.28. The molecule has 192 valence electrons. The Morgan fingerprint density at radius 1 is 0.861 bits per heavy atom. The van der Waals surface area contributed by atoms with Gasteiger partial charge >= 0.3 is 0 Å². The Labute approximate surface area is 227 Å². The zero-order valence-electron chi connectivity index (χ0n) is 20.4. The number of nitrogens with zero attached hydrogens (tertiary/aromatic N) is 3. The molecule has 0 saturated carbocycles. The third-order valence-corrected chi connectivity index (χ3v) is 8.45. The lowest BCUT2D eigenvalue weighted by atomic mass is 9.83. The highest BCUT2D eigenvalue weighted by Gasteiger charge is 2.39. The Morgan fingerprint density at radius 2 is 1.50 bits per heavy atom. The Morgan fingerprint density at radius 3 is 2.11 bits per heavy atom. The molecule has 2 atom stereocenters. The minimum absolute atomic E-state index is 0.0507. The van der Waals surface area contributed by atoms with Gasteiger partial charge in [-0.15, -0.1) is 0 Å². The molecule has 2 aliphatic rings. The molecule has 0 aliphatic carbocycles. The number of likely N-dealkylation sites (tertiary alicyclic amines) is 2. The first kappa shape index (κ1) is 26.8. The second kappa shape index (κ2) is 11.4. The third-order valence-electron chi connectivity index (χ3n) is 7.46. The third kappa shape index (κ3) is 5.82. The van der Waals surface area contributed by atoms with Gasteiger partial charge in [0.05, 0.1) is 10.0 Å². The number of piperidine rings is 2. The van der Waals surface area contributed by atoms with E-state index < -0.39 is 0 Å². The minimum Gasteiger partial charge on any atom is -0.343 e. The van der Waals surface area contributed by atoms with E-state index in [1.807, 2.05) is 17.0 Å². The van der Waals surface area contributed by atoms with E-state index in [0.717, 1.165) is 5.56 Å². The smallest absolute Gasteiger partial charge is 0.253 e. The van der Waals surface area contributed by atoms with Gasteiger partial charge < -0.3 is 14.7 Å². The van der Waals surface area contributed by atoms with E-state index in [2.05, 4.69) is 0 Å². The average molecular weight is 551 g/mol. The van der Waals surface area contributed by atoms with Crippen molar-refractivity contribution in [3.63, 3.8) is 0 Å². The highest BCUT2D eigenvalue weighted by Crippen LogP contribution is 2.35. The first-order valence-electron chi connectivity index (χ1n) is 12.2. The van der Waals surface area contributed by atoms with Gasteiger partial charge in [0, 0.05) is 68.6 Å². The Kier molecular flexibility index (Phi) is 8.48. The van der Waals surface area contributed by atoms with Crippen LogP contribution in [0.15, 0.2) is 42.5 Å². The molecule has 0 aromatic heterocycles. The van der Waals surface area contributed by atoms with Crippen LogP contribution in [-0.2, 0) is 9.59 Å². The number of halogens is 3. The van der Waals surface area contributed by atoms with Crippen molar-refractivity contribution in [3.05, 3.63) is 68.7 Å². The summed E-state index contributed by atoms with van der Waals surface area (Å²) in [4.78, 5) is 44.0. The van der Waals surface area contributed by atoms with Gasteiger partial charge in [-0.25, -0.2) is 0 Å². The molecule has 36 heavy (non-hydrogen) atoms. The molecule has 2 aromatic rings. The van der Waals surface area contributed by atoms with Gasteiger partial charge in [0.1, 0.15) is 0 Å². The van der Waals surface area contributed by atoms with Crippen molar-refractivity contribution in [2.75, 3.05) is 33.2 Å². The lowest BCUT2D eigenvalue weighted by Gasteiger charge is -2.44. The maximum Gasteiger partial charge on any atom is 0.253 e. The molecule has 6 nitrogen and oxygen atoms in total. The molecule has 9 heteroatoms. The first-order valence-corrected chi connectivity index (χ1v) is 13.3. The fraction of sp³-hybridized carbons (Fsp3) is 0.444. The van der Waals surface area contributed by atoms with Crippen molar-refractivity contribution in [1.82, 2.24) is 14.7 Å². The predicted molar refractivity (Wildman–Crippen MR) is 143 cm³/mol. The molecule has 2 fully saturated rings. The lowest BCUT2D eigenvalue weighted by Crippen LogP contribution is -2.53. The van der Waals surface area contributed by atoms with E-state index in [1.54, 1.807) is 54.1 Å². The van der Waals surface area contributed by atoms with Crippen LogP contribution in [0.5, 0.6) is 0 Å². The molecule has 2 aromatic carbocycles. The number of benzene rings is 2. The number of hydrogen-bond acceptors (Lipinski definition) is 3. The molecule has 0 bridgehead atoms. The number of carbonyl (C=O) groups excluding carboxylic acids is 3. The number of amides is 3. The molecule has 2 heterocycles. The average Bonchev–Trinajstić information content (AvgIpc) is 2.89. The van der Waals surface area contributed by atoms with E-state index >= 15 is 0 Å². The predicted octanol–water partition coefficient (Wildman–Crippen LogP) is 5.36. The molecule has 2 unspecified atom stereocenters. The van der Waals surface area contributed by atoms with Gasteiger partial charge in [0.2, 0.25) is 11.8 Å². The van der Waals surface area contributed by atoms with Gasteiger partial charge in [0.15, 0.2) is 0 Å². The van der Waals surface area contributed by atoms with Crippen molar-refractivity contribution in [3.8, 4) is 0 Å². The fourth-order valence-electron chi connectivity index (χ4n) is 5.32. The number of likely N-dealkylation sites (N-methyl/N-ethyl adjacent to an activating group) is 1. The summed E-state index contributed by atoms with van der Waals surface area (Å²) in [5, 5.41) is 1.48. The van der Waals surface area contributed by atoms with Gasteiger partial charge in [0.25, 0.3) is 5.91 Å². The van der Waals surface area contributed by atoms with Gasteiger partial charge in [-0.1, -0.05) is 40.9 Å². The van der Waals surface area contributed by atoms with E-state index in [4.69, 9.17) is 34.8 Å². The molecule has 0 N–H and O–H groups in total. The van der Waals surface area contributed by atoms with Crippen LogP contribution in [0, 0.1) is 5.92 Å². The summed E-state index contributed by atoms with van der Waals surface area (Å²) >= 11 is 18.5. The second-order valence-electron chi connectivity index (χ2n) is 9.62. The van der Waals surface area contributed by atoms with E-state index in [-0.39, 0.29) is 35.6 Å². The number of rotatable bonds is 4. The summed E-state index contributed by atoms with van der Waals surface area (Å²) in [5.41, 5.74) is 1.50. The molecule has 3 amide bonds. The van der Waals surface area contributed by atoms with Crippen LogP contribution in [0.4, 0.5) is 0 Å². The normalized spacial score (nSPS) is 20.8. The summed E-state index contributed by atoms with van der Waals surface area (Å²) in [6, 6.07) is 12.2. The van der Waals surface area contributed by atoms with Crippen LogP contribution in [0.25, 0.3) is 0 Å². The van der Waals surface area contributed by atoms with Crippen LogP contribution >= 0.6 is 34.8 Å². The standard InChI is InChI=1S/C27H30Cl3N3O3/c1-17(34)32-12-9-19(10-13-32)27(36)33-14-11-25(22(16-33)20-5-8-23(29)24(30)15-20)31(2)26(35)18-3-6-21(28)7-4-18/h3-8,15,19,22,25H,9-14,16H2,1-2H3. The molecule has 4 rings (SSSR count). The maximum absolute atomic E-state index is 13.5. The topological polar surface area (TPSA) is 60.9 Å². The van der Waals surface area contributed by atoms with Crippen LogP contribution < -0.4 is 0 Å². The summed E-state index contributed by atoms with van der Waals surface area (Å²) in [6.07, 6.45) is 1.98. The molecule has 0 radical (unpaired) electrons. The van der Waals surface area contributed by atoms with Crippen LogP contribution in [-0.4, -0.2) is 71.7 Å². The SMILES string of the molecule is CC(=O)N1CCC(C(=O)N2CCC(N(C)C(=O)c3ccc(Cl)cc3)C(c3ccc(Cl)c(Cl)c3)C2)CC1. The lowest BCUT2D eigenvalue weighted by molar-refractivity contribution is -0.141. The zero-order valence-corrected chi connectivity index (χ0v) is 22.7. The molecular weight excluding hydrogens is 521 g/mol. The highest BCUT2D eigenvalue weighted by molar-refractivity contribution is 6.42. The molecule has 0 spiro atoms. The molecular formula is C27H30Cl3N3O3. The van der Waals surface area contributed by atoms with Crippen LogP contribution in [0.2, 0.25) is 15.1 Å². The van der Waals surface area contributed by atoms with Gasteiger partial charge in [-0.05, 0) is 61.2 Å². The summed E-state index contributed by atoms with van der Waals surface area (Å²) in [7, 11) is 1.81. The number of hydrogen-bond donors (Lipinski definition) is 0. The van der Waals surface area contributed by atoms with Crippen LogP contribution in [0.3, 0.4) is 0 Å². The fourth-order valence-corrected chi connectivity index (χ4v) is 5.75. The highest BCUT2D eigenvalue weighted by atomic mass is 35.5. The van der Waals surface area contributed by atoms with Crippen molar-refractivity contribution in [2.24, 2.45) is 5.92 Å². The maximum atomic E-state index is 13.5. The van der Waals surface area contributed by atoms with Gasteiger partial charge in [-0.3, -0.25) is 14.4 Å². The molecule has 2 saturated heterocycles. The van der Waals surface area contributed by atoms with Crippen molar-refractivity contribution >= 4 is 52.5 Å². The second-order valence-corrected chi connectivity index (χ2v) is 10.9. The summed E-state index contributed by atoms with van der Waals surface area (Å²) < 4.78 is 0.